The van der Waals surface area contributed by atoms with Crippen molar-refractivity contribution >= 4 is 18.3 Å². The average molecular weight is 193 g/mol. The molecule has 0 bridgehead atoms. The van der Waals surface area contributed by atoms with Crippen LogP contribution < -0.4 is 5.73 Å². The number of likely N-dealkylation sites (tertiary alicyclic amines) is 1. The molecule has 72 valence electrons. The summed E-state index contributed by atoms with van der Waals surface area (Å²) in [7, 11) is 0. The summed E-state index contributed by atoms with van der Waals surface area (Å²) in [5.74, 6) is 0.102. The molecule has 4 heteroatoms. The number of amides is 1. The molecule has 1 aliphatic heterocycles. The van der Waals surface area contributed by atoms with Crippen molar-refractivity contribution < 1.29 is 4.79 Å². The number of carbonyl (C=O) groups excluding carboxylic acids is 1. The van der Waals surface area contributed by atoms with E-state index in [1.165, 1.54) is 6.42 Å². The Bertz CT molecular complexity index is 144. The molecule has 0 radical (unpaired) electrons. The van der Waals surface area contributed by atoms with Crippen LogP contribution in [0.1, 0.15) is 26.2 Å². The van der Waals surface area contributed by atoms with Crippen LogP contribution in [0, 0.1) is 0 Å². The number of rotatable bonds is 1. The standard InChI is InChI=1S/C8H16N2O.ClH/c1-7(9)8(11)10-5-3-2-4-6-10;/h7H,2-6,9H2,1H3;1H/t7-;/m1./s1. The molecule has 1 amide bonds. The molecule has 1 aliphatic rings. The Morgan fingerprint density at radius 2 is 1.83 bits per heavy atom. The van der Waals surface area contributed by atoms with Gasteiger partial charge in [0.1, 0.15) is 0 Å². The largest absolute Gasteiger partial charge is 0.341 e. The summed E-state index contributed by atoms with van der Waals surface area (Å²) in [6.45, 7) is 3.55. The Labute approximate surface area is 79.7 Å². The zero-order valence-corrected chi connectivity index (χ0v) is 8.27. The van der Waals surface area contributed by atoms with Crippen molar-refractivity contribution in [3.8, 4) is 0 Å². The zero-order valence-electron chi connectivity index (χ0n) is 7.45. The van der Waals surface area contributed by atoms with Gasteiger partial charge in [-0.3, -0.25) is 4.79 Å². The zero-order chi connectivity index (χ0) is 8.27. The van der Waals surface area contributed by atoms with Crippen molar-refractivity contribution in [3.05, 3.63) is 0 Å². The highest BCUT2D eigenvalue weighted by Gasteiger charge is 2.18. The number of nitrogens with two attached hydrogens (primary N) is 1. The molecule has 1 atom stereocenters. The molecule has 0 unspecified atom stereocenters. The van der Waals surface area contributed by atoms with Gasteiger partial charge in [-0.25, -0.2) is 0 Å². The van der Waals surface area contributed by atoms with Crippen LogP contribution in [0.15, 0.2) is 0 Å². The fourth-order valence-corrected chi connectivity index (χ4v) is 1.40. The number of hydrogen-bond acceptors (Lipinski definition) is 2. The first-order valence-electron chi connectivity index (χ1n) is 4.26. The van der Waals surface area contributed by atoms with E-state index in [-0.39, 0.29) is 24.4 Å². The first-order valence-corrected chi connectivity index (χ1v) is 4.26. The highest BCUT2D eigenvalue weighted by molar-refractivity contribution is 5.85. The van der Waals surface area contributed by atoms with E-state index >= 15 is 0 Å². The van der Waals surface area contributed by atoms with Crippen molar-refractivity contribution in [3.63, 3.8) is 0 Å². The van der Waals surface area contributed by atoms with E-state index < -0.39 is 0 Å². The molecular weight excluding hydrogens is 176 g/mol. The summed E-state index contributed by atoms with van der Waals surface area (Å²) >= 11 is 0. The molecule has 0 aromatic heterocycles. The van der Waals surface area contributed by atoms with Gasteiger partial charge in [-0.15, -0.1) is 12.4 Å². The highest BCUT2D eigenvalue weighted by Crippen LogP contribution is 2.09. The van der Waals surface area contributed by atoms with Gasteiger partial charge in [-0.1, -0.05) is 0 Å². The van der Waals surface area contributed by atoms with Gasteiger partial charge in [-0.2, -0.15) is 0 Å². The topological polar surface area (TPSA) is 46.3 Å². The highest BCUT2D eigenvalue weighted by atomic mass is 35.5. The smallest absolute Gasteiger partial charge is 0.239 e. The Morgan fingerprint density at radius 3 is 2.25 bits per heavy atom. The number of halogens is 1. The summed E-state index contributed by atoms with van der Waals surface area (Å²) in [5.41, 5.74) is 5.48. The third-order valence-electron chi connectivity index (χ3n) is 2.06. The minimum absolute atomic E-state index is 0. The molecule has 1 saturated heterocycles. The molecule has 0 aliphatic carbocycles. The van der Waals surface area contributed by atoms with E-state index in [0.29, 0.717) is 0 Å². The van der Waals surface area contributed by atoms with E-state index in [1.54, 1.807) is 6.92 Å². The molecule has 1 fully saturated rings. The molecule has 0 saturated carbocycles. The lowest BCUT2D eigenvalue weighted by atomic mass is 10.1. The van der Waals surface area contributed by atoms with Crippen molar-refractivity contribution in [2.75, 3.05) is 13.1 Å². The Balaban J connectivity index is 0.00000121. The summed E-state index contributed by atoms with van der Waals surface area (Å²) < 4.78 is 0. The summed E-state index contributed by atoms with van der Waals surface area (Å²) in [6.07, 6.45) is 3.53. The molecule has 0 aromatic rings. The van der Waals surface area contributed by atoms with Crippen LogP contribution >= 0.6 is 12.4 Å². The first-order chi connectivity index (χ1) is 5.22. The third kappa shape index (κ3) is 2.99. The molecule has 12 heavy (non-hydrogen) atoms. The molecule has 1 heterocycles. The van der Waals surface area contributed by atoms with Gasteiger partial charge in [0.25, 0.3) is 0 Å². The van der Waals surface area contributed by atoms with Crippen molar-refractivity contribution in [1.82, 2.24) is 4.90 Å². The normalized spacial score (nSPS) is 19.7. The third-order valence-corrected chi connectivity index (χ3v) is 2.06. The van der Waals surface area contributed by atoms with E-state index in [0.717, 1.165) is 25.9 Å². The van der Waals surface area contributed by atoms with Gasteiger partial charge >= 0.3 is 0 Å². The first kappa shape index (κ1) is 11.7. The molecule has 0 aromatic carbocycles. The van der Waals surface area contributed by atoms with Crippen molar-refractivity contribution in [2.45, 2.75) is 32.2 Å². The monoisotopic (exact) mass is 192 g/mol. The van der Waals surface area contributed by atoms with Gasteiger partial charge in [0.2, 0.25) is 5.91 Å². The maximum atomic E-state index is 11.3. The maximum absolute atomic E-state index is 11.3. The SMILES string of the molecule is C[C@@H](N)C(=O)N1CCCCC1.Cl. The van der Waals surface area contributed by atoms with E-state index in [1.807, 2.05) is 4.90 Å². The minimum atomic E-state index is -0.326. The summed E-state index contributed by atoms with van der Waals surface area (Å²) in [6, 6.07) is -0.326. The van der Waals surface area contributed by atoms with Gasteiger partial charge in [0, 0.05) is 13.1 Å². The fourth-order valence-electron chi connectivity index (χ4n) is 1.40. The van der Waals surface area contributed by atoms with Gasteiger partial charge in [0.05, 0.1) is 6.04 Å². The van der Waals surface area contributed by atoms with Crippen LogP contribution in [-0.4, -0.2) is 29.9 Å². The summed E-state index contributed by atoms with van der Waals surface area (Å²) in [5, 5.41) is 0. The number of piperidine rings is 1. The van der Waals surface area contributed by atoms with E-state index in [2.05, 4.69) is 0 Å². The predicted octanol–water partition coefficient (Wildman–Crippen LogP) is 0.768. The van der Waals surface area contributed by atoms with Crippen LogP contribution in [0.4, 0.5) is 0 Å². The van der Waals surface area contributed by atoms with Gasteiger partial charge < -0.3 is 10.6 Å². The van der Waals surface area contributed by atoms with Crippen molar-refractivity contribution in [1.29, 1.82) is 0 Å². The van der Waals surface area contributed by atoms with Crippen LogP contribution in [0.25, 0.3) is 0 Å². The Kier molecular flexibility index (Phi) is 5.25. The summed E-state index contributed by atoms with van der Waals surface area (Å²) in [4.78, 5) is 13.2. The van der Waals surface area contributed by atoms with E-state index in [4.69, 9.17) is 5.73 Å². The molecular formula is C8H17ClN2O. The predicted molar refractivity (Wildman–Crippen MR) is 51.3 cm³/mol. The fraction of sp³-hybridized carbons (Fsp3) is 0.875. The minimum Gasteiger partial charge on any atom is -0.341 e. The van der Waals surface area contributed by atoms with Gasteiger partial charge in [-0.05, 0) is 26.2 Å². The van der Waals surface area contributed by atoms with Crippen LogP contribution in [0.2, 0.25) is 0 Å². The van der Waals surface area contributed by atoms with Crippen LogP contribution in [0.5, 0.6) is 0 Å². The molecule has 3 nitrogen and oxygen atoms in total. The number of carbonyl (C=O) groups is 1. The second-order valence-corrected chi connectivity index (χ2v) is 3.17. The second kappa shape index (κ2) is 5.38. The average Bonchev–Trinajstić information content (AvgIpc) is 2.05. The number of nitrogens with zero attached hydrogens (tertiary/aromatic N) is 1. The molecule has 1 rings (SSSR count). The quantitative estimate of drug-likeness (QED) is 0.667. The van der Waals surface area contributed by atoms with Gasteiger partial charge in [0.15, 0.2) is 0 Å². The number of hydrogen-bond donors (Lipinski definition) is 1. The van der Waals surface area contributed by atoms with Crippen molar-refractivity contribution in [2.24, 2.45) is 5.73 Å². The van der Waals surface area contributed by atoms with Crippen LogP contribution in [0.3, 0.4) is 0 Å². The maximum Gasteiger partial charge on any atom is 0.239 e. The lowest BCUT2D eigenvalue weighted by Crippen LogP contribution is -2.44. The molecule has 0 spiro atoms. The lowest BCUT2D eigenvalue weighted by Gasteiger charge is -2.27. The lowest BCUT2D eigenvalue weighted by molar-refractivity contribution is -0.133. The Morgan fingerprint density at radius 1 is 1.33 bits per heavy atom. The van der Waals surface area contributed by atoms with E-state index in [9.17, 15) is 4.79 Å². The Hall–Kier alpha value is -0.280. The van der Waals surface area contributed by atoms with Crippen LogP contribution in [-0.2, 0) is 4.79 Å². The molecule has 2 N–H and O–H groups in total. The second-order valence-electron chi connectivity index (χ2n) is 3.17.